The summed E-state index contributed by atoms with van der Waals surface area (Å²) < 4.78 is 10.4. The Hall–Kier alpha value is -0.880. The molecule has 0 amide bonds. The van der Waals surface area contributed by atoms with Gasteiger partial charge in [-0.1, -0.05) is 0 Å². The first-order chi connectivity index (χ1) is 7.27. The molecule has 0 spiro atoms. The molecule has 0 fully saturated rings. The Morgan fingerprint density at radius 3 is 3.27 bits per heavy atom. The number of furan rings is 1. The van der Waals surface area contributed by atoms with Gasteiger partial charge in [0.25, 0.3) is 0 Å². The molecule has 0 N–H and O–H groups in total. The maximum Gasteiger partial charge on any atom is 0.192 e. The molecule has 0 saturated heterocycles. The molecule has 1 aliphatic rings. The lowest BCUT2D eigenvalue weighted by atomic mass is 10.0. The standard InChI is InChI=1S/C9H8BrN3OS/c1-13-2-5(9-11-4-15-12-9)6-3-14-8(10)7(6)13/h3-5H,2H2,1H3. The average Bonchev–Trinajstić information content (AvgIpc) is 2.86. The molecule has 1 atom stereocenters. The van der Waals surface area contributed by atoms with Gasteiger partial charge < -0.3 is 9.32 Å². The van der Waals surface area contributed by atoms with Crippen molar-refractivity contribution in [1.29, 1.82) is 0 Å². The van der Waals surface area contributed by atoms with Crippen LogP contribution in [0.2, 0.25) is 0 Å². The third-order valence-electron chi connectivity index (χ3n) is 2.65. The first-order valence-corrected chi connectivity index (χ1v) is 6.14. The summed E-state index contributed by atoms with van der Waals surface area (Å²) in [5.41, 5.74) is 4.06. The van der Waals surface area contributed by atoms with Gasteiger partial charge in [0.15, 0.2) is 10.5 Å². The lowest BCUT2D eigenvalue weighted by molar-refractivity contribution is 0.531. The molecule has 78 valence electrons. The fraction of sp³-hybridized carbons (Fsp3) is 0.333. The number of hydrogen-bond donors (Lipinski definition) is 0. The van der Waals surface area contributed by atoms with Crippen LogP contribution in [0.4, 0.5) is 5.69 Å². The minimum Gasteiger partial charge on any atom is -0.455 e. The third-order valence-corrected chi connectivity index (χ3v) is 3.71. The van der Waals surface area contributed by atoms with E-state index in [1.165, 1.54) is 17.1 Å². The number of hydrogen-bond acceptors (Lipinski definition) is 5. The molecule has 0 aromatic carbocycles. The van der Waals surface area contributed by atoms with Gasteiger partial charge in [0.05, 0.1) is 17.9 Å². The second-order valence-corrected chi connectivity index (χ2v) is 4.86. The van der Waals surface area contributed by atoms with Gasteiger partial charge in [-0.2, -0.15) is 4.37 Å². The van der Waals surface area contributed by atoms with E-state index in [4.69, 9.17) is 4.42 Å². The van der Waals surface area contributed by atoms with Crippen LogP contribution in [0.3, 0.4) is 0 Å². The van der Waals surface area contributed by atoms with Crippen molar-refractivity contribution >= 4 is 33.1 Å². The first kappa shape index (κ1) is 9.35. The maximum absolute atomic E-state index is 5.36. The monoisotopic (exact) mass is 285 g/mol. The van der Waals surface area contributed by atoms with Gasteiger partial charge in [-0.15, -0.1) is 0 Å². The number of rotatable bonds is 1. The van der Waals surface area contributed by atoms with Crippen molar-refractivity contribution in [3.8, 4) is 0 Å². The molecular weight excluding hydrogens is 278 g/mol. The fourth-order valence-corrected chi connectivity index (χ4v) is 3.08. The molecule has 6 heteroatoms. The number of likely N-dealkylation sites (N-methyl/N-ethyl adjacent to an activating group) is 1. The normalized spacial score (nSPS) is 19.6. The van der Waals surface area contributed by atoms with Crippen LogP contribution >= 0.6 is 27.5 Å². The molecule has 0 saturated carbocycles. The Kier molecular flexibility index (Phi) is 2.07. The summed E-state index contributed by atoms with van der Waals surface area (Å²) in [6, 6.07) is 0. The Morgan fingerprint density at radius 1 is 1.67 bits per heavy atom. The highest BCUT2D eigenvalue weighted by Crippen LogP contribution is 2.43. The van der Waals surface area contributed by atoms with E-state index in [1.807, 2.05) is 7.05 Å². The van der Waals surface area contributed by atoms with Gasteiger partial charge in [-0.05, 0) is 27.5 Å². The van der Waals surface area contributed by atoms with E-state index in [1.54, 1.807) is 11.8 Å². The largest absolute Gasteiger partial charge is 0.455 e. The second-order valence-electron chi connectivity index (χ2n) is 3.54. The van der Waals surface area contributed by atoms with Crippen LogP contribution in [-0.4, -0.2) is 22.9 Å². The van der Waals surface area contributed by atoms with E-state index < -0.39 is 0 Å². The van der Waals surface area contributed by atoms with Gasteiger partial charge >= 0.3 is 0 Å². The number of halogens is 1. The van der Waals surface area contributed by atoms with Gasteiger partial charge in [0.1, 0.15) is 5.51 Å². The summed E-state index contributed by atoms with van der Waals surface area (Å²) in [4.78, 5) is 6.43. The molecule has 3 heterocycles. The Bertz CT molecular complexity index is 482. The van der Waals surface area contributed by atoms with E-state index in [0.717, 1.165) is 22.7 Å². The number of anilines is 1. The molecule has 0 bridgehead atoms. The van der Waals surface area contributed by atoms with E-state index >= 15 is 0 Å². The summed E-state index contributed by atoms with van der Waals surface area (Å²) in [7, 11) is 2.05. The Balaban J connectivity index is 2.09. The van der Waals surface area contributed by atoms with Gasteiger partial charge in [-0.25, -0.2) is 4.98 Å². The summed E-state index contributed by atoms with van der Waals surface area (Å²) in [6.45, 7) is 0.913. The predicted octanol–water partition coefficient (Wildman–Crippen LogP) is 2.48. The van der Waals surface area contributed by atoms with Crippen molar-refractivity contribution in [2.75, 3.05) is 18.5 Å². The minimum absolute atomic E-state index is 0.242. The number of nitrogens with zero attached hydrogens (tertiary/aromatic N) is 3. The van der Waals surface area contributed by atoms with Crippen LogP contribution in [0, 0.1) is 0 Å². The minimum atomic E-state index is 0.242. The smallest absolute Gasteiger partial charge is 0.192 e. The van der Waals surface area contributed by atoms with Gasteiger partial charge in [-0.3, -0.25) is 0 Å². The zero-order valence-corrected chi connectivity index (χ0v) is 10.4. The van der Waals surface area contributed by atoms with Crippen molar-refractivity contribution in [3.05, 3.63) is 27.8 Å². The fourth-order valence-electron chi connectivity index (χ4n) is 1.97. The maximum atomic E-state index is 5.36. The third kappa shape index (κ3) is 1.32. The zero-order valence-electron chi connectivity index (χ0n) is 7.98. The molecule has 0 aliphatic carbocycles. The van der Waals surface area contributed by atoms with E-state index in [9.17, 15) is 0 Å². The van der Waals surface area contributed by atoms with Crippen molar-refractivity contribution < 1.29 is 4.42 Å². The summed E-state index contributed by atoms with van der Waals surface area (Å²) in [5.74, 6) is 1.13. The SMILES string of the molecule is CN1CC(c2ncsn2)c2coc(Br)c21. The molecule has 15 heavy (non-hydrogen) atoms. The molecule has 2 aromatic heterocycles. The van der Waals surface area contributed by atoms with E-state index in [2.05, 4.69) is 30.2 Å². The summed E-state index contributed by atoms with van der Waals surface area (Å²) in [6.07, 6.45) is 1.79. The van der Waals surface area contributed by atoms with Crippen LogP contribution in [0.15, 0.2) is 20.9 Å². The highest BCUT2D eigenvalue weighted by molar-refractivity contribution is 9.10. The summed E-state index contributed by atoms with van der Waals surface area (Å²) >= 11 is 4.79. The van der Waals surface area contributed by atoms with Gasteiger partial charge in [0, 0.05) is 19.2 Å². The van der Waals surface area contributed by atoms with Crippen LogP contribution in [0.5, 0.6) is 0 Å². The van der Waals surface area contributed by atoms with Gasteiger partial charge in [0.2, 0.25) is 0 Å². The van der Waals surface area contributed by atoms with Crippen LogP contribution in [-0.2, 0) is 0 Å². The van der Waals surface area contributed by atoms with Crippen LogP contribution in [0.25, 0.3) is 0 Å². The second kappa shape index (κ2) is 3.31. The molecule has 0 radical (unpaired) electrons. The first-order valence-electron chi connectivity index (χ1n) is 4.51. The Labute approximate surface area is 99.2 Å². The van der Waals surface area contributed by atoms with Crippen molar-refractivity contribution in [1.82, 2.24) is 9.36 Å². The van der Waals surface area contributed by atoms with Crippen LogP contribution < -0.4 is 4.90 Å². The predicted molar refractivity (Wildman–Crippen MR) is 61.4 cm³/mol. The zero-order chi connectivity index (χ0) is 10.4. The quantitative estimate of drug-likeness (QED) is 0.807. The summed E-state index contributed by atoms with van der Waals surface area (Å²) in [5, 5.41) is 0. The Morgan fingerprint density at radius 2 is 2.53 bits per heavy atom. The topological polar surface area (TPSA) is 42.2 Å². The highest BCUT2D eigenvalue weighted by Gasteiger charge is 2.34. The van der Waals surface area contributed by atoms with Crippen molar-refractivity contribution in [2.45, 2.75) is 5.92 Å². The van der Waals surface area contributed by atoms with E-state index in [-0.39, 0.29) is 5.92 Å². The molecule has 1 unspecified atom stereocenters. The van der Waals surface area contributed by atoms with Crippen molar-refractivity contribution in [3.63, 3.8) is 0 Å². The van der Waals surface area contributed by atoms with Crippen LogP contribution in [0.1, 0.15) is 17.3 Å². The number of fused-ring (bicyclic) bond motifs is 1. The molecule has 2 aromatic rings. The molecule has 1 aliphatic heterocycles. The van der Waals surface area contributed by atoms with Crippen molar-refractivity contribution in [2.24, 2.45) is 0 Å². The molecule has 4 nitrogen and oxygen atoms in total. The average molecular weight is 286 g/mol. The lowest BCUT2D eigenvalue weighted by Gasteiger charge is -2.11. The lowest BCUT2D eigenvalue weighted by Crippen LogP contribution is -2.16. The van der Waals surface area contributed by atoms with E-state index in [0.29, 0.717) is 0 Å². The highest BCUT2D eigenvalue weighted by atomic mass is 79.9. The molecule has 3 rings (SSSR count). The molecular formula is C9H8BrN3OS. The number of aromatic nitrogens is 2.